The minimum absolute atomic E-state index is 1.96. The molecule has 0 aromatic rings. The highest BCUT2D eigenvalue weighted by molar-refractivity contribution is 6.32. The van der Waals surface area contributed by atoms with E-state index in [1.165, 1.54) is 0 Å². The van der Waals surface area contributed by atoms with Crippen molar-refractivity contribution < 1.29 is 89.3 Å². The fraction of sp³-hybridized carbons (Fsp3) is 1.00. The molecule has 0 aliphatic carbocycles. The molecule has 3 nitrogen and oxygen atoms in total. The Morgan fingerprint density at radius 1 is 0.414 bits per heavy atom. The van der Waals surface area contributed by atoms with Gasteiger partial charge in [-0.3, -0.25) is 0 Å². The third-order valence-corrected chi connectivity index (χ3v) is 2.95. The second-order valence-electron chi connectivity index (χ2n) is 4.91. The lowest BCUT2D eigenvalue weighted by Gasteiger charge is -2.42. The molecular formula is C8H2BF17O3. The molecule has 0 aromatic heterocycles. The Kier molecular flexibility index (Phi) is 6.59. The molecule has 0 fully saturated rings. The first-order chi connectivity index (χ1) is 12.2. The lowest BCUT2D eigenvalue weighted by Crippen LogP contribution is -2.74. The normalized spacial score (nSPS) is 16.2. The highest BCUT2D eigenvalue weighted by Gasteiger charge is 2.95. The summed E-state index contributed by atoms with van der Waals surface area (Å²) < 4.78 is 218. The van der Waals surface area contributed by atoms with Crippen LogP contribution in [0.2, 0.25) is 0 Å². The number of halogens is 17. The molecule has 0 radical (unpaired) electrons. The largest absolute Gasteiger partial charge is 0.638 e. The predicted octanol–water partition coefficient (Wildman–Crippen LogP) is 3.94. The van der Waals surface area contributed by atoms with Gasteiger partial charge in [0.2, 0.25) is 0 Å². The van der Waals surface area contributed by atoms with Gasteiger partial charge in [-0.05, 0) is 0 Å². The van der Waals surface area contributed by atoms with Gasteiger partial charge in [-0.25, -0.2) is 0 Å². The van der Waals surface area contributed by atoms with Crippen LogP contribution in [0, 0.1) is 0 Å². The van der Waals surface area contributed by atoms with Crippen LogP contribution in [0.5, 0.6) is 0 Å². The Balaban J connectivity index is 6.65. The summed E-state index contributed by atoms with van der Waals surface area (Å²) in [6.07, 6.45) is -15.1. The number of rotatable bonds is 8. The molecule has 0 saturated heterocycles. The molecule has 2 N–H and O–H groups in total. The molecular weight excluding hydrogens is 478 g/mol. The zero-order valence-corrected chi connectivity index (χ0v) is 12.3. The van der Waals surface area contributed by atoms with Gasteiger partial charge >= 0.3 is 55.1 Å². The van der Waals surface area contributed by atoms with E-state index < -0.39 is 55.1 Å². The zero-order valence-electron chi connectivity index (χ0n) is 12.3. The highest BCUT2D eigenvalue weighted by Crippen LogP contribution is 2.63. The summed E-state index contributed by atoms with van der Waals surface area (Å²) in [4.78, 5) is 0. The van der Waals surface area contributed by atoms with Crippen LogP contribution < -0.4 is 0 Å². The van der Waals surface area contributed by atoms with Gasteiger partial charge in [-0.2, -0.15) is 74.6 Å². The lowest BCUT2D eigenvalue weighted by atomic mass is 9.90. The molecule has 29 heavy (non-hydrogen) atoms. The molecule has 0 bridgehead atoms. The van der Waals surface area contributed by atoms with E-state index in [4.69, 9.17) is 10.0 Å². The summed E-state index contributed by atoms with van der Waals surface area (Å²) in [5.41, 5.74) is 0. The van der Waals surface area contributed by atoms with E-state index >= 15 is 0 Å². The molecule has 21 heteroatoms. The SMILES string of the molecule is OB(O)OC(F)(F)C(F)(F)C(F)(F)C(F)(F)C(F)(F)C(F)(F)C(F)(F)C(F)(F)F. The zero-order chi connectivity index (χ0) is 24.3. The average Bonchev–Trinajstić information content (AvgIpc) is 2.43. The van der Waals surface area contributed by atoms with E-state index in [2.05, 4.69) is 0 Å². The second kappa shape index (κ2) is 6.89. The molecule has 0 rings (SSSR count). The molecule has 0 amide bonds. The summed E-state index contributed by atoms with van der Waals surface area (Å²) in [6.45, 7) is 0. The average molecular weight is 480 g/mol. The molecule has 0 atom stereocenters. The minimum Gasteiger partial charge on any atom is -0.402 e. The minimum atomic E-state index is -8.75. The second-order valence-corrected chi connectivity index (χ2v) is 4.91. The van der Waals surface area contributed by atoms with Crippen LogP contribution in [-0.2, 0) is 4.65 Å². The summed E-state index contributed by atoms with van der Waals surface area (Å²) in [5.74, 6) is -51.0. The van der Waals surface area contributed by atoms with Crippen LogP contribution in [0.1, 0.15) is 0 Å². The van der Waals surface area contributed by atoms with Crippen LogP contribution >= 0.6 is 0 Å². The van der Waals surface area contributed by atoms with Crippen molar-refractivity contribution in [2.75, 3.05) is 0 Å². The Hall–Kier alpha value is -1.25. The van der Waals surface area contributed by atoms with Crippen molar-refractivity contribution in [2.24, 2.45) is 0 Å². The first kappa shape index (κ1) is 27.8. The van der Waals surface area contributed by atoms with Gasteiger partial charge in [0.25, 0.3) is 0 Å². The quantitative estimate of drug-likeness (QED) is 0.409. The first-order valence-electron chi connectivity index (χ1n) is 5.92. The Bertz CT molecular complexity index is 596. The lowest BCUT2D eigenvalue weighted by molar-refractivity contribution is -0.473. The number of hydrogen-bond acceptors (Lipinski definition) is 3. The van der Waals surface area contributed by atoms with Crippen LogP contribution in [0.25, 0.3) is 0 Å². The summed E-state index contributed by atoms with van der Waals surface area (Å²) >= 11 is 0. The van der Waals surface area contributed by atoms with Crippen molar-refractivity contribution in [3.8, 4) is 0 Å². The van der Waals surface area contributed by atoms with Crippen LogP contribution in [-0.4, -0.2) is 65.2 Å². The Morgan fingerprint density at radius 2 is 0.655 bits per heavy atom. The van der Waals surface area contributed by atoms with E-state index in [-0.39, 0.29) is 0 Å². The predicted molar refractivity (Wildman–Crippen MR) is 52.0 cm³/mol. The fourth-order valence-electron chi connectivity index (χ4n) is 1.36. The monoisotopic (exact) mass is 480 g/mol. The molecule has 174 valence electrons. The summed E-state index contributed by atoms with van der Waals surface area (Å²) in [6, 6.07) is 0. The molecule has 0 saturated carbocycles. The molecule has 0 heterocycles. The van der Waals surface area contributed by atoms with Gasteiger partial charge < -0.3 is 14.7 Å². The Morgan fingerprint density at radius 3 is 0.897 bits per heavy atom. The van der Waals surface area contributed by atoms with Crippen LogP contribution in [0.15, 0.2) is 0 Å². The van der Waals surface area contributed by atoms with Crippen molar-refractivity contribution in [2.45, 2.75) is 47.8 Å². The van der Waals surface area contributed by atoms with Crippen molar-refractivity contribution >= 4 is 7.32 Å². The van der Waals surface area contributed by atoms with Gasteiger partial charge in [0.15, 0.2) is 0 Å². The van der Waals surface area contributed by atoms with Gasteiger partial charge in [0.05, 0.1) is 0 Å². The maximum atomic E-state index is 13.1. The molecule has 0 spiro atoms. The number of alkyl halides is 17. The van der Waals surface area contributed by atoms with Crippen molar-refractivity contribution in [1.82, 2.24) is 0 Å². The van der Waals surface area contributed by atoms with Gasteiger partial charge in [-0.15, -0.1) is 0 Å². The van der Waals surface area contributed by atoms with E-state index in [1.807, 2.05) is 4.65 Å². The van der Waals surface area contributed by atoms with Crippen LogP contribution in [0.3, 0.4) is 0 Å². The van der Waals surface area contributed by atoms with Crippen molar-refractivity contribution in [3.05, 3.63) is 0 Å². The van der Waals surface area contributed by atoms with Gasteiger partial charge in [0.1, 0.15) is 0 Å². The smallest absolute Gasteiger partial charge is 0.402 e. The van der Waals surface area contributed by atoms with Gasteiger partial charge in [0, 0.05) is 0 Å². The van der Waals surface area contributed by atoms with Crippen molar-refractivity contribution in [3.63, 3.8) is 0 Å². The van der Waals surface area contributed by atoms with E-state index in [0.717, 1.165) is 0 Å². The topological polar surface area (TPSA) is 49.7 Å². The highest BCUT2D eigenvalue weighted by atomic mass is 19.4. The number of hydrogen-bond donors (Lipinski definition) is 2. The fourth-order valence-corrected chi connectivity index (χ4v) is 1.36. The first-order valence-corrected chi connectivity index (χ1v) is 5.92. The molecule has 0 aliphatic rings. The molecule has 0 aliphatic heterocycles. The molecule has 0 aromatic carbocycles. The standard InChI is InChI=1S/C8H2BF17O3/c10-1(11,3(14,15)5(18,19)7(22,23)24)2(12,13)4(16,17)6(20,21)8(25,26)29-9(27)28/h27-28H. The van der Waals surface area contributed by atoms with Crippen molar-refractivity contribution in [1.29, 1.82) is 0 Å². The van der Waals surface area contributed by atoms with E-state index in [9.17, 15) is 74.6 Å². The molecule has 0 unspecified atom stereocenters. The summed E-state index contributed by atoms with van der Waals surface area (Å²) in [7, 11) is -4.20. The van der Waals surface area contributed by atoms with Gasteiger partial charge in [-0.1, -0.05) is 0 Å². The van der Waals surface area contributed by atoms with E-state index in [1.54, 1.807) is 0 Å². The summed E-state index contributed by atoms with van der Waals surface area (Å²) in [5, 5.41) is 15.6. The Labute approximate surface area is 146 Å². The van der Waals surface area contributed by atoms with Crippen LogP contribution in [0.4, 0.5) is 74.6 Å². The third-order valence-electron chi connectivity index (χ3n) is 2.95. The van der Waals surface area contributed by atoms with E-state index in [0.29, 0.717) is 0 Å². The maximum Gasteiger partial charge on any atom is 0.638 e. The third kappa shape index (κ3) is 3.68. The maximum absolute atomic E-state index is 13.1.